The lowest BCUT2D eigenvalue weighted by atomic mass is 9.97. The van der Waals surface area contributed by atoms with Crippen molar-refractivity contribution in [2.24, 2.45) is 0 Å². The molecule has 180 valence electrons. The van der Waals surface area contributed by atoms with Crippen molar-refractivity contribution in [2.75, 3.05) is 20.2 Å². The Bertz CT molecular complexity index is 849. The maximum atomic E-state index is 6.23. The average Bonchev–Trinajstić information content (AvgIpc) is 2.85. The van der Waals surface area contributed by atoms with Gasteiger partial charge in [-0.25, -0.2) is 0 Å². The zero-order chi connectivity index (χ0) is 22.9. The van der Waals surface area contributed by atoms with Crippen molar-refractivity contribution in [1.29, 1.82) is 0 Å². The number of likely N-dealkylation sites (tertiary alicyclic amines) is 1. The Morgan fingerprint density at radius 3 is 2.52 bits per heavy atom. The maximum absolute atomic E-state index is 6.23. The van der Waals surface area contributed by atoms with E-state index in [4.69, 9.17) is 9.47 Å². The van der Waals surface area contributed by atoms with Gasteiger partial charge in [-0.15, -0.1) is 5.10 Å². The topological polar surface area (TPSA) is 47.5 Å². The summed E-state index contributed by atoms with van der Waals surface area (Å²) in [5, 5.41) is 8.98. The molecule has 2 fully saturated rings. The van der Waals surface area contributed by atoms with Crippen LogP contribution in [0.4, 0.5) is 0 Å². The highest BCUT2D eigenvalue weighted by atomic mass is 16.5. The lowest BCUT2D eigenvalue weighted by Gasteiger charge is -2.32. The van der Waals surface area contributed by atoms with E-state index in [0.29, 0.717) is 24.6 Å². The molecule has 33 heavy (non-hydrogen) atoms. The highest BCUT2D eigenvalue weighted by molar-refractivity contribution is 5.67. The Balaban J connectivity index is 1.42. The molecule has 0 bridgehead atoms. The number of nitrogens with zero attached hydrogens (tertiary/aromatic N) is 3. The van der Waals surface area contributed by atoms with Crippen molar-refractivity contribution >= 4 is 0 Å². The molecule has 1 atom stereocenters. The van der Waals surface area contributed by atoms with Crippen LogP contribution in [0.5, 0.6) is 11.6 Å². The van der Waals surface area contributed by atoms with E-state index in [1.807, 2.05) is 0 Å². The summed E-state index contributed by atoms with van der Waals surface area (Å²) < 4.78 is 12.3. The van der Waals surface area contributed by atoms with Crippen LogP contribution in [0.25, 0.3) is 11.1 Å². The summed E-state index contributed by atoms with van der Waals surface area (Å²) in [7, 11) is 2.23. The van der Waals surface area contributed by atoms with Gasteiger partial charge in [0.2, 0.25) is 5.88 Å². The van der Waals surface area contributed by atoms with Crippen molar-refractivity contribution in [3.8, 4) is 22.8 Å². The largest absolute Gasteiger partial charge is 0.490 e. The van der Waals surface area contributed by atoms with E-state index >= 15 is 0 Å². The number of benzene rings is 1. The fourth-order valence-electron chi connectivity index (χ4n) is 5.15. The Labute approximate surface area is 199 Å². The Morgan fingerprint density at radius 1 is 0.970 bits per heavy atom. The summed E-state index contributed by atoms with van der Waals surface area (Å²) in [6.45, 7) is 4.09. The summed E-state index contributed by atoms with van der Waals surface area (Å²) in [5.74, 6) is 1.60. The van der Waals surface area contributed by atoms with Crippen molar-refractivity contribution in [1.82, 2.24) is 15.1 Å². The van der Waals surface area contributed by atoms with Gasteiger partial charge in [0.25, 0.3) is 0 Å². The van der Waals surface area contributed by atoms with E-state index < -0.39 is 0 Å². The summed E-state index contributed by atoms with van der Waals surface area (Å²) >= 11 is 0. The van der Waals surface area contributed by atoms with Gasteiger partial charge >= 0.3 is 0 Å². The normalized spacial score (nSPS) is 20.0. The van der Waals surface area contributed by atoms with E-state index in [1.54, 1.807) is 0 Å². The zero-order valence-electron chi connectivity index (χ0n) is 20.6. The fraction of sp³-hybridized carbons (Fsp3) is 0.643. The van der Waals surface area contributed by atoms with Crippen LogP contribution in [0.2, 0.25) is 0 Å². The van der Waals surface area contributed by atoms with Gasteiger partial charge in [0.1, 0.15) is 5.75 Å². The molecule has 5 heteroatoms. The monoisotopic (exact) mass is 451 g/mol. The van der Waals surface area contributed by atoms with Crippen LogP contribution in [0.3, 0.4) is 0 Å². The molecule has 1 aliphatic heterocycles. The van der Waals surface area contributed by atoms with Crippen LogP contribution in [0.1, 0.15) is 83.2 Å². The second kappa shape index (κ2) is 12.4. The van der Waals surface area contributed by atoms with Crippen molar-refractivity contribution in [3.63, 3.8) is 0 Å². The first kappa shape index (κ1) is 24.0. The molecule has 0 N–H and O–H groups in total. The Morgan fingerprint density at radius 2 is 1.76 bits per heavy atom. The minimum atomic E-state index is 0.371. The quantitative estimate of drug-likeness (QED) is 0.415. The molecule has 1 aromatic carbocycles. The lowest BCUT2D eigenvalue weighted by Crippen LogP contribution is -2.37. The molecule has 4 rings (SSSR count). The van der Waals surface area contributed by atoms with Crippen LogP contribution in [0.15, 0.2) is 30.3 Å². The standard InChI is InChI=1S/C28H41N3O2/c1-3-4-13-27-26(22-14-16-25(17-15-22)33-24-11-6-5-7-12-24)21-28(30-29-27)32-20-18-23-10-8-9-19-31(23)2/h14-17,21,23-24H,3-13,18-20H2,1-2H3. The molecule has 2 heterocycles. The summed E-state index contributed by atoms with van der Waals surface area (Å²) in [4.78, 5) is 2.47. The molecule has 0 amide bonds. The van der Waals surface area contributed by atoms with E-state index in [2.05, 4.69) is 59.4 Å². The fourth-order valence-corrected chi connectivity index (χ4v) is 5.15. The Kier molecular flexibility index (Phi) is 8.99. The number of hydrogen-bond donors (Lipinski definition) is 0. The number of ether oxygens (including phenoxy) is 2. The molecule has 0 radical (unpaired) electrons. The van der Waals surface area contributed by atoms with Gasteiger partial charge in [0.05, 0.1) is 18.4 Å². The second-order valence-corrected chi connectivity index (χ2v) is 9.82. The minimum absolute atomic E-state index is 0.371. The third kappa shape index (κ3) is 6.92. The lowest BCUT2D eigenvalue weighted by molar-refractivity contribution is 0.151. The van der Waals surface area contributed by atoms with Gasteiger partial charge in [-0.05, 0) is 89.1 Å². The van der Waals surface area contributed by atoms with Crippen LogP contribution in [0, 0.1) is 0 Å². The highest BCUT2D eigenvalue weighted by Crippen LogP contribution is 2.30. The van der Waals surface area contributed by atoms with Crippen LogP contribution in [-0.2, 0) is 6.42 Å². The number of unbranched alkanes of at least 4 members (excludes halogenated alkanes) is 1. The molecular formula is C28H41N3O2. The van der Waals surface area contributed by atoms with E-state index in [1.165, 1.54) is 57.9 Å². The van der Waals surface area contributed by atoms with Gasteiger partial charge < -0.3 is 14.4 Å². The van der Waals surface area contributed by atoms with Gasteiger partial charge in [0, 0.05) is 17.7 Å². The molecule has 1 unspecified atom stereocenters. The van der Waals surface area contributed by atoms with Crippen molar-refractivity contribution in [3.05, 3.63) is 36.0 Å². The van der Waals surface area contributed by atoms with Crippen molar-refractivity contribution in [2.45, 2.75) is 96.1 Å². The molecule has 2 aliphatic rings. The summed E-state index contributed by atoms with van der Waals surface area (Å²) in [5.41, 5.74) is 3.34. The van der Waals surface area contributed by atoms with Gasteiger partial charge in [-0.2, -0.15) is 5.10 Å². The first-order valence-electron chi connectivity index (χ1n) is 13.2. The number of piperidine rings is 1. The number of rotatable bonds is 10. The van der Waals surface area contributed by atoms with Gasteiger partial charge in [0.15, 0.2) is 0 Å². The predicted molar refractivity (Wildman–Crippen MR) is 134 cm³/mol. The zero-order valence-corrected chi connectivity index (χ0v) is 20.6. The summed E-state index contributed by atoms with van der Waals surface area (Å²) in [6, 6.07) is 11.2. The molecule has 5 nitrogen and oxygen atoms in total. The summed E-state index contributed by atoms with van der Waals surface area (Å²) in [6.07, 6.45) is 14.8. The van der Waals surface area contributed by atoms with Crippen LogP contribution < -0.4 is 9.47 Å². The molecule has 1 aliphatic carbocycles. The maximum Gasteiger partial charge on any atom is 0.234 e. The molecule has 0 spiro atoms. The first-order chi connectivity index (χ1) is 16.2. The number of hydrogen-bond acceptors (Lipinski definition) is 5. The smallest absolute Gasteiger partial charge is 0.234 e. The highest BCUT2D eigenvalue weighted by Gasteiger charge is 2.19. The molecular weight excluding hydrogens is 410 g/mol. The van der Waals surface area contributed by atoms with Crippen LogP contribution >= 0.6 is 0 Å². The predicted octanol–water partition coefficient (Wildman–Crippen LogP) is 6.45. The number of aryl methyl sites for hydroxylation is 1. The van der Waals surface area contributed by atoms with Crippen LogP contribution in [-0.4, -0.2) is 47.4 Å². The molecule has 1 saturated heterocycles. The van der Waals surface area contributed by atoms with E-state index in [0.717, 1.165) is 48.3 Å². The Hall–Kier alpha value is -2.14. The number of aromatic nitrogens is 2. The molecule has 1 aromatic heterocycles. The molecule has 1 saturated carbocycles. The molecule has 2 aromatic rings. The van der Waals surface area contributed by atoms with Crippen molar-refractivity contribution < 1.29 is 9.47 Å². The van der Waals surface area contributed by atoms with E-state index in [9.17, 15) is 0 Å². The minimum Gasteiger partial charge on any atom is -0.490 e. The third-order valence-corrected chi connectivity index (χ3v) is 7.26. The second-order valence-electron chi connectivity index (χ2n) is 9.82. The average molecular weight is 452 g/mol. The SMILES string of the molecule is CCCCc1nnc(OCCC2CCCCN2C)cc1-c1ccc(OC2CCCCC2)cc1. The van der Waals surface area contributed by atoms with Gasteiger partial charge in [-0.1, -0.05) is 38.3 Å². The first-order valence-corrected chi connectivity index (χ1v) is 13.2. The van der Waals surface area contributed by atoms with Gasteiger partial charge in [-0.3, -0.25) is 0 Å². The van der Waals surface area contributed by atoms with E-state index in [-0.39, 0.29) is 0 Å². The third-order valence-electron chi connectivity index (χ3n) is 7.26.